The van der Waals surface area contributed by atoms with Gasteiger partial charge in [0.05, 0.1) is 33.3 Å². The highest BCUT2D eigenvalue weighted by Crippen LogP contribution is 2.42. The fraction of sp³-hybridized carbons (Fsp3) is 0.576. The lowest BCUT2D eigenvalue weighted by Crippen LogP contribution is -2.35. The fourth-order valence-corrected chi connectivity index (χ4v) is 5.77. The lowest BCUT2D eigenvalue weighted by atomic mass is 9.83. The van der Waals surface area contributed by atoms with E-state index in [1.807, 2.05) is 0 Å². The molecule has 42 heavy (non-hydrogen) atoms. The molecule has 0 aliphatic heterocycles. The average molecular weight is 604 g/mol. The molecule has 0 spiro atoms. The van der Waals surface area contributed by atoms with E-state index in [9.17, 15) is 32.8 Å². The number of unbranched alkanes of at least 4 members (excludes halogenated alkanes) is 13. The van der Waals surface area contributed by atoms with Crippen molar-refractivity contribution in [2.75, 3.05) is 27.7 Å². The molecular formula is C33H49NO7S. The van der Waals surface area contributed by atoms with Gasteiger partial charge in [-0.2, -0.15) is 0 Å². The first-order chi connectivity index (χ1) is 19.8. The summed E-state index contributed by atoms with van der Waals surface area (Å²) in [5, 5.41) is 19.5. The van der Waals surface area contributed by atoms with Gasteiger partial charge in [-0.15, -0.1) is 0 Å². The van der Waals surface area contributed by atoms with Gasteiger partial charge in [0, 0.05) is 16.7 Å². The molecule has 0 fully saturated rings. The molecule has 0 amide bonds. The Hall–Kier alpha value is -2.75. The Labute approximate surface area is 252 Å². The highest BCUT2D eigenvalue weighted by atomic mass is 32.2. The number of benzene rings is 2. The summed E-state index contributed by atoms with van der Waals surface area (Å²) in [6, 6.07) is 6.38. The average Bonchev–Trinajstić information content (AvgIpc) is 2.92. The zero-order valence-corrected chi connectivity index (χ0v) is 26.6. The second kappa shape index (κ2) is 16.8. The van der Waals surface area contributed by atoms with E-state index in [1.165, 1.54) is 121 Å². The zero-order chi connectivity index (χ0) is 31.3. The number of phenolic OH excluding ortho intramolecular Hbond substituents is 2. The van der Waals surface area contributed by atoms with E-state index in [1.54, 1.807) is 0 Å². The third-order valence-corrected chi connectivity index (χ3v) is 8.43. The van der Waals surface area contributed by atoms with Crippen molar-refractivity contribution >= 4 is 21.7 Å². The smallest absolute Gasteiger partial charge is 0.198 e. The number of nitrogens with zero attached hydrogens (tertiary/aromatic N) is 1. The van der Waals surface area contributed by atoms with Crippen molar-refractivity contribution in [1.29, 1.82) is 0 Å². The van der Waals surface area contributed by atoms with E-state index >= 15 is 0 Å². The molecular weight excluding hydrogens is 554 g/mol. The summed E-state index contributed by atoms with van der Waals surface area (Å²) in [5.41, 5.74) is -0.909. The summed E-state index contributed by atoms with van der Waals surface area (Å²) in [7, 11) is 1.75. The van der Waals surface area contributed by atoms with Crippen LogP contribution < -0.4 is 0 Å². The van der Waals surface area contributed by atoms with Crippen molar-refractivity contribution in [1.82, 2.24) is 0 Å². The molecule has 234 valence electrons. The number of fused-ring (bicyclic) bond motifs is 2. The first-order valence-corrected chi connectivity index (χ1v) is 16.7. The number of phenols is 2. The third kappa shape index (κ3) is 10.8. The molecule has 2 aromatic carbocycles. The maximum atomic E-state index is 12.4. The van der Waals surface area contributed by atoms with Crippen LogP contribution in [0.5, 0.6) is 11.5 Å². The van der Waals surface area contributed by atoms with Crippen LogP contribution in [0.3, 0.4) is 0 Å². The molecule has 0 saturated heterocycles. The standard InChI is InChI=1S/C19H42N.C14H8O7S/c1-5-6-7-8-9-10-11-12-13-14-15-16-17-18-19-20(2,3)4;15-11-6-3-1-2-4-7(6)12(16)10-8(11)5-9(22(19,20)21)13(17)14(10)18/h5-19H2,1-4H3;1-5,17-18H,(H,19,20,21)/q+1;/p-1. The van der Waals surface area contributed by atoms with Gasteiger partial charge in [-0.3, -0.25) is 9.59 Å². The molecule has 2 aromatic rings. The van der Waals surface area contributed by atoms with E-state index in [4.69, 9.17) is 0 Å². The number of quaternary nitrogens is 1. The molecule has 8 nitrogen and oxygen atoms in total. The van der Waals surface area contributed by atoms with Crippen LogP contribution in [-0.4, -0.2) is 66.9 Å². The minimum atomic E-state index is -5.13. The van der Waals surface area contributed by atoms with Crippen molar-refractivity contribution in [2.45, 2.75) is 102 Å². The molecule has 2 N–H and O–H groups in total. The number of rotatable bonds is 16. The first kappa shape index (κ1) is 35.4. The summed E-state index contributed by atoms with van der Waals surface area (Å²) in [5.74, 6) is -3.80. The zero-order valence-electron chi connectivity index (χ0n) is 25.8. The Morgan fingerprint density at radius 1 is 0.667 bits per heavy atom. The molecule has 0 radical (unpaired) electrons. The number of carbonyl (C=O) groups is 2. The van der Waals surface area contributed by atoms with Crippen molar-refractivity contribution in [2.24, 2.45) is 0 Å². The number of carbonyl (C=O) groups excluding carboxylic acids is 2. The van der Waals surface area contributed by atoms with E-state index in [-0.39, 0.29) is 11.1 Å². The van der Waals surface area contributed by atoms with Crippen molar-refractivity contribution in [3.8, 4) is 11.5 Å². The molecule has 3 rings (SSSR count). The van der Waals surface area contributed by atoms with Crippen LogP contribution in [0.2, 0.25) is 0 Å². The van der Waals surface area contributed by atoms with Crippen molar-refractivity contribution in [3.05, 3.63) is 52.6 Å². The molecule has 0 unspecified atom stereocenters. The van der Waals surface area contributed by atoms with Gasteiger partial charge in [-0.1, -0.05) is 108 Å². The van der Waals surface area contributed by atoms with Gasteiger partial charge in [-0.25, -0.2) is 8.42 Å². The second-order valence-electron chi connectivity index (χ2n) is 12.3. The van der Waals surface area contributed by atoms with E-state index in [0.717, 1.165) is 4.48 Å². The summed E-state index contributed by atoms with van der Waals surface area (Å²) >= 11 is 0. The molecule has 0 bridgehead atoms. The van der Waals surface area contributed by atoms with Crippen LogP contribution in [0.15, 0.2) is 35.2 Å². The topological polar surface area (TPSA) is 132 Å². The van der Waals surface area contributed by atoms with Crippen LogP contribution in [0, 0.1) is 0 Å². The summed E-state index contributed by atoms with van der Waals surface area (Å²) < 4.78 is 34.4. The molecule has 0 atom stereocenters. The quantitative estimate of drug-likeness (QED) is 0.0783. The van der Waals surface area contributed by atoms with Gasteiger partial charge in [0.15, 0.2) is 23.1 Å². The van der Waals surface area contributed by atoms with Gasteiger partial charge >= 0.3 is 0 Å². The van der Waals surface area contributed by atoms with Crippen molar-refractivity contribution < 1.29 is 37.3 Å². The van der Waals surface area contributed by atoms with Gasteiger partial charge in [0.1, 0.15) is 15.0 Å². The lowest BCUT2D eigenvalue weighted by molar-refractivity contribution is -0.870. The predicted octanol–water partition coefficient (Wildman–Crippen LogP) is 6.95. The highest BCUT2D eigenvalue weighted by Gasteiger charge is 2.35. The van der Waals surface area contributed by atoms with Crippen LogP contribution in [0.1, 0.15) is 129 Å². The minimum Gasteiger partial charge on any atom is -0.744 e. The normalized spacial score (nSPS) is 12.9. The maximum Gasteiger partial charge on any atom is 0.198 e. The van der Waals surface area contributed by atoms with Crippen LogP contribution >= 0.6 is 0 Å². The van der Waals surface area contributed by atoms with Gasteiger partial charge < -0.3 is 19.2 Å². The first-order valence-electron chi connectivity index (χ1n) is 15.3. The predicted molar refractivity (Wildman–Crippen MR) is 164 cm³/mol. The monoisotopic (exact) mass is 603 g/mol. The molecule has 0 saturated carbocycles. The Morgan fingerprint density at radius 3 is 1.52 bits per heavy atom. The van der Waals surface area contributed by atoms with E-state index in [2.05, 4.69) is 28.1 Å². The number of ketones is 2. The number of aromatic hydroxyl groups is 2. The Morgan fingerprint density at radius 2 is 1.10 bits per heavy atom. The summed E-state index contributed by atoms with van der Waals surface area (Å²) in [4.78, 5) is 23.5. The largest absolute Gasteiger partial charge is 0.744 e. The SMILES string of the molecule is CCCCCCCCCCCCCCCC[N+](C)(C)C.O=C1c2ccccc2C(=O)c2c1cc(S(=O)(=O)[O-])c(O)c2O. The summed E-state index contributed by atoms with van der Waals surface area (Å²) in [6.45, 7) is 3.63. The molecule has 0 heterocycles. The third-order valence-electron chi connectivity index (χ3n) is 7.58. The minimum absolute atomic E-state index is 0.0208. The molecule has 1 aliphatic rings. The highest BCUT2D eigenvalue weighted by molar-refractivity contribution is 7.85. The van der Waals surface area contributed by atoms with E-state index in [0.29, 0.717) is 6.07 Å². The van der Waals surface area contributed by atoms with Gasteiger partial charge in [-0.05, 0) is 18.9 Å². The molecule has 0 aromatic heterocycles. The van der Waals surface area contributed by atoms with Gasteiger partial charge in [0.25, 0.3) is 0 Å². The van der Waals surface area contributed by atoms with E-state index < -0.39 is 49.2 Å². The Balaban J connectivity index is 0.000000296. The lowest BCUT2D eigenvalue weighted by Gasteiger charge is -2.23. The van der Waals surface area contributed by atoms with Gasteiger partial charge in [0.2, 0.25) is 0 Å². The van der Waals surface area contributed by atoms with Crippen molar-refractivity contribution in [3.63, 3.8) is 0 Å². The number of hydrogen-bond acceptors (Lipinski definition) is 7. The second-order valence-corrected chi connectivity index (χ2v) is 13.6. The Kier molecular flexibility index (Phi) is 14.2. The maximum absolute atomic E-state index is 12.4. The molecule has 9 heteroatoms. The molecule has 1 aliphatic carbocycles. The van der Waals surface area contributed by atoms with Crippen LogP contribution in [-0.2, 0) is 10.1 Å². The van der Waals surface area contributed by atoms with Crippen LogP contribution in [0.25, 0.3) is 0 Å². The fourth-order valence-electron chi connectivity index (χ4n) is 5.17. The van der Waals surface area contributed by atoms with Crippen LogP contribution in [0.4, 0.5) is 0 Å². The number of hydrogen-bond donors (Lipinski definition) is 2. The Bertz CT molecular complexity index is 1300. The summed E-state index contributed by atoms with van der Waals surface area (Å²) in [6.07, 6.45) is 20.4.